The van der Waals surface area contributed by atoms with Gasteiger partial charge in [0.05, 0.1) is 43.6 Å². The number of benzene rings is 2. The smallest absolute Gasteiger partial charge is 0.337 e. The minimum Gasteiger partial charge on any atom is -0.497 e. The first-order valence-corrected chi connectivity index (χ1v) is 11.8. The number of carbonyl (C=O) groups excluding carboxylic acids is 2. The number of aliphatic imine (C=N–C) groups is 1. The Morgan fingerprint density at radius 2 is 1.74 bits per heavy atom. The summed E-state index contributed by atoms with van der Waals surface area (Å²) in [5.41, 5.74) is 2.03. The van der Waals surface area contributed by atoms with Gasteiger partial charge in [0.2, 0.25) is 0 Å². The Balaban J connectivity index is 0.00000342. The molecule has 4 rings (SSSR count). The second-order valence-corrected chi connectivity index (χ2v) is 8.74. The number of amidine groups is 1. The number of amides is 1. The van der Waals surface area contributed by atoms with Crippen LogP contribution in [0.4, 0.5) is 5.69 Å². The molecular formula is C25H28ClN3O5S. The number of nitrogens with zero attached hydrogens (tertiary/aromatic N) is 3. The standard InChI is InChI=1S/C25H27N3O5S.ClH/c1-31-21-9-7-20(8-10-21)26-25-28(12-11-27-13-15-33-16-14-27)23(29)22(34-25)17-18-3-5-19(6-4-18)24(30)32-2;/h3-10,17H,11-16H2,1-2H3;1H/b22-17-,26-25?;. The Morgan fingerprint density at radius 1 is 1.06 bits per heavy atom. The summed E-state index contributed by atoms with van der Waals surface area (Å²) in [6.45, 7) is 4.42. The summed E-state index contributed by atoms with van der Waals surface area (Å²) in [6, 6.07) is 14.4. The van der Waals surface area contributed by atoms with Gasteiger partial charge in [-0.25, -0.2) is 9.79 Å². The van der Waals surface area contributed by atoms with E-state index in [1.54, 1.807) is 36.3 Å². The number of rotatable bonds is 7. The van der Waals surface area contributed by atoms with Crippen molar-refractivity contribution in [2.24, 2.45) is 4.99 Å². The maximum absolute atomic E-state index is 13.3. The normalized spacial score (nSPS) is 18.6. The topological polar surface area (TPSA) is 80.7 Å². The summed E-state index contributed by atoms with van der Waals surface area (Å²) < 4.78 is 15.4. The van der Waals surface area contributed by atoms with E-state index in [4.69, 9.17) is 19.2 Å². The molecule has 0 aliphatic carbocycles. The Hall–Kier alpha value is -2.85. The van der Waals surface area contributed by atoms with Crippen LogP contribution in [-0.2, 0) is 14.3 Å². The zero-order chi connectivity index (χ0) is 23.9. The van der Waals surface area contributed by atoms with Crippen molar-refractivity contribution in [3.05, 3.63) is 64.6 Å². The third-order valence-corrected chi connectivity index (χ3v) is 6.56. The third kappa shape index (κ3) is 6.85. The van der Waals surface area contributed by atoms with Crippen LogP contribution in [0.5, 0.6) is 5.75 Å². The molecule has 0 radical (unpaired) electrons. The molecule has 0 bridgehead atoms. The van der Waals surface area contributed by atoms with Crippen molar-refractivity contribution in [2.75, 3.05) is 53.6 Å². The summed E-state index contributed by atoms with van der Waals surface area (Å²) in [7, 11) is 2.97. The van der Waals surface area contributed by atoms with E-state index in [1.807, 2.05) is 30.3 Å². The molecule has 2 aromatic carbocycles. The largest absolute Gasteiger partial charge is 0.497 e. The summed E-state index contributed by atoms with van der Waals surface area (Å²) >= 11 is 1.35. The van der Waals surface area contributed by atoms with Crippen molar-refractivity contribution in [1.29, 1.82) is 0 Å². The zero-order valence-corrected chi connectivity index (χ0v) is 21.3. The molecule has 2 aliphatic rings. The molecule has 0 atom stereocenters. The number of morpholine rings is 1. The van der Waals surface area contributed by atoms with Crippen LogP contribution < -0.4 is 4.74 Å². The Labute approximate surface area is 215 Å². The second kappa shape index (κ2) is 12.7. The first-order chi connectivity index (χ1) is 16.6. The number of methoxy groups -OCH3 is 2. The lowest BCUT2D eigenvalue weighted by Crippen LogP contribution is -2.42. The number of carbonyl (C=O) groups is 2. The highest BCUT2D eigenvalue weighted by atomic mass is 35.5. The molecule has 1 amide bonds. The van der Waals surface area contributed by atoms with Gasteiger partial charge < -0.3 is 14.2 Å². The molecule has 186 valence electrons. The maximum atomic E-state index is 13.3. The Kier molecular flexibility index (Phi) is 9.73. The van der Waals surface area contributed by atoms with Crippen LogP contribution in [0.3, 0.4) is 0 Å². The van der Waals surface area contributed by atoms with Crippen LogP contribution in [0.1, 0.15) is 15.9 Å². The minimum atomic E-state index is -0.395. The van der Waals surface area contributed by atoms with Gasteiger partial charge in [-0.05, 0) is 59.8 Å². The summed E-state index contributed by atoms with van der Waals surface area (Å²) in [5, 5.41) is 0.640. The van der Waals surface area contributed by atoms with Gasteiger partial charge in [-0.3, -0.25) is 14.6 Å². The highest BCUT2D eigenvalue weighted by Crippen LogP contribution is 2.34. The molecule has 2 fully saturated rings. The van der Waals surface area contributed by atoms with Crippen LogP contribution in [0.2, 0.25) is 0 Å². The van der Waals surface area contributed by atoms with Gasteiger partial charge in [0, 0.05) is 26.2 Å². The first-order valence-electron chi connectivity index (χ1n) is 11.0. The fourth-order valence-electron chi connectivity index (χ4n) is 3.61. The molecular weight excluding hydrogens is 490 g/mol. The maximum Gasteiger partial charge on any atom is 0.337 e. The molecule has 0 spiro atoms. The first kappa shape index (κ1) is 26.7. The Morgan fingerprint density at radius 3 is 2.37 bits per heavy atom. The van der Waals surface area contributed by atoms with Gasteiger partial charge in [0.15, 0.2) is 5.17 Å². The van der Waals surface area contributed by atoms with E-state index in [9.17, 15) is 9.59 Å². The van der Waals surface area contributed by atoms with Gasteiger partial charge in [0.1, 0.15) is 5.75 Å². The number of ether oxygens (including phenoxy) is 3. The predicted molar refractivity (Wildman–Crippen MR) is 140 cm³/mol. The molecule has 10 heteroatoms. The van der Waals surface area contributed by atoms with Gasteiger partial charge in [-0.15, -0.1) is 12.4 Å². The molecule has 0 N–H and O–H groups in total. The lowest BCUT2D eigenvalue weighted by molar-refractivity contribution is -0.122. The zero-order valence-electron chi connectivity index (χ0n) is 19.6. The molecule has 2 aliphatic heterocycles. The van der Waals surface area contributed by atoms with E-state index in [0.29, 0.717) is 35.4 Å². The van der Waals surface area contributed by atoms with Crippen molar-refractivity contribution in [1.82, 2.24) is 9.80 Å². The second-order valence-electron chi connectivity index (χ2n) is 7.73. The van der Waals surface area contributed by atoms with Crippen LogP contribution in [-0.4, -0.2) is 80.5 Å². The van der Waals surface area contributed by atoms with Gasteiger partial charge in [-0.1, -0.05) is 12.1 Å². The highest BCUT2D eigenvalue weighted by Gasteiger charge is 2.33. The molecule has 2 heterocycles. The van der Waals surface area contributed by atoms with Gasteiger partial charge in [0.25, 0.3) is 5.91 Å². The molecule has 35 heavy (non-hydrogen) atoms. The number of hydrogen-bond acceptors (Lipinski definition) is 8. The molecule has 2 aromatic rings. The van der Waals surface area contributed by atoms with E-state index < -0.39 is 5.97 Å². The van der Waals surface area contributed by atoms with E-state index in [2.05, 4.69) is 4.90 Å². The predicted octanol–water partition coefficient (Wildman–Crippen LogP) is 3.84. The number of esters is 1. The summed E-state index contributed by atoms with van der Waals surface area (Å²) in [4.78, 5) is 34.4. The van der Waals surface area contributed by atoms with Crippen LogP contribution in [0.15, 0.2) is 58.4 Å². The minimum absolute atomic E-state index is 0. The lowest BCUT2D eigenvalue weighted by Gasteiger charge is -2.28. The van der Waals surface area contributed by atoms with Crippen molar-refractivity contribution in [3.63, 3.8) is 0 Å². The molecule has 8 nitrogen and oxygen atoms in total. The summed E-state index contributed by atoms with van der Waals surface area (Å²) in [5.74, 6) is 0.274. The van der Waals surface area contributed by atoms with Crippen molar-refractivity contribution >= 4 is 53.0 Å². The van der Waals surface area contributed by atoms with Crippen molar-refractivity contribution < 1.29 is 23.8 Å². The van der Waals surface area contributed by atoms with Crippen LogP contribution >= 0.6 is 24.2 Å². The van der Waals surface area contributed by atoms with E-state index >= 15 is 0 Å². The molecule has 2 saturated heterocycles. The molecule has 0 unspecified atom stereocenters. The van der Waals surface area contributed by atoms with Crippen LogP contribution in [0, 0.1) is 0 Å². The van der Waals surface area contributed by atoms with E-state index in [-0.39, 0.29) is 18.3 Å². The van der Waals surface area contributed by atoms with Gasteiger partial charge >= 0.3 is 5.97 Å². The average Bonchev–Trinajstić information content (AvgIpc) is 3.17. The lowest BCUT2D eigenvalue weighted by atomic mass is 10.1. The summed E-state index contributed by atoms with van der Waals surface area (Å²) in [6.07, 6.45) is 1.83. The SMILES string of the molecule is COC(=O)c1ccc(/C=C2\SC(=Nc3ccc(OC)cc3)N(CCN3CCOCC3)C2=O)cc1.Cl. The molecule has 0 aromatic heterocycles. The van der Waals surface area contributed by atoms with Crippen molar-refractivity contribution in [3.8, 4) is 5.75 Å². The van der Waals surface area contributed by atoms with E-state index in [1.165, 1.54) is 18.9 Å². The quantitative estimate of drug-likeness (QED) is 0.407. The van der Waals surface area contributed by atoms with E-state index in [0.717, 1.165) is 36.6 Å². The van der Waals surface area contributed by atoms with Gasteiger partial charge in [-0.2, -0.15) is 0 Å². The fraction of sp³-hybridized carbons (Fsp3) is 0.320. The molecule has 0 saturated carbocycles. The number of thioether (sulfide) groups is 1. The highest BCUT2D eigenvalue weighted by molar-refractivity contribution is 8.18. The average molecular weight is 518 g/mol. The third-order valence-electron chi connectivity index (χ3n) is 5.56. The fourth-order valence-corrected chi connectivity index (χ4v) is 4.63. The number of hydrogen-bond donors (Lipinski definition) is 0. The monoisotopic (exact) mass is 517 g/mol. The van der Waals surface area contributed by atoms with Crippen LogP contribution in [0.25, 0.3) is 6.08 Å². The number of halogens is 1. The Bertz CT molecular complexity index is 1080. The van der Waals surface area contributed by atoms with Crippen molar-refractivity contribution in [2.45, 2.75) is 0 Å².